The fraction of sp³-hybridized carbons (Fsp3) is 1.00. The Morgan fingerprint density at radius 3 is 2.92 bits per heavy atom. The quantitative estimate of drug-likeness (QED) is 0.541. The van der Waals surface area contributed by atoms with Gasteiger partial charge in [-0.1, -0.05) is 15.9 Å². The molecular formula is C9H19BrN2. The number of nitrogens with zero attached hydrogens (tertiary/aromatic N) is 2. The largest absolute Gasteiger partial charge is 0.306 e. The van der Waals surface area contributed by atoms with Crippen LogP contribution in [0.4, 0.5) is 0 Å². The van der Waals surface area contributed by atoms with Crippen LogP contribution in [0, 0.1) is 5.92 Å². The van der Waals surface area contributed by atoms with Crippen molar-refractivity contribution in [1.82, 2.24) is 9.80 Å². The summed E-state index contributed by atoms with van der Waals surface area (Å²) in [7, 11) is 4.39. The van der Waals surface area contributed by atoms with Crippen LogP contribution in [0.5, 0.6) is 0 Å². The minimum atomic E-state index is 0.881. The zero-order chi connectivity index (χ0) is 8.97. The molecule has 0 aliphatic carbocycles. The van der Waals surface area contributed by atoms with Gasteiger partial charge < -0.3 is 4.90 Å². The van der Waals surface area contributed by atoms with Gasteiger partial charge in [-0.2, -0.15) is 0 Å². The van der Waals surface area contributed by atoms with E-state index in [1.165, 1.54) is 32.5 Å². The summed E-state index contributed by atoms with van der Waals surface area (Å²) in [5, 5.41) is 0. The number of hydrogen-bond acceptors (Lipinski definition) is 2. The molecule has 3 heteroatoms. The van der Waals surface area contributed by atoms with Gasteiger partial charge in [0.15, 0.2) is 0 Å². The van der Waals surface area contributed by atoms with Crippen LogP contribution in [0.2, 0.25) is 0 Å². The van der Waals surface area contributed by atoms with Crippen LogP contribution in [-0.4, -0.2) is 49.0 Å². The molecule has 0 amide bonds. The smallest absolute Gasteiger partial charge is 0.0539 e. The molecule has 12 heavy (non-hydrogen) atoms. The molecule has 1 heterocycles. The number of rotatable bonds is 3. The van der Waals surface area contributed by atoms with Gasteiger partial charge in [0.05, 0.1) is 5.45 Å². The Balaban J connectivity index is 2.22. The van der Waals surface area contributed by atoms with Crippen molar-refractivity contribution in [3.05, 3.63) is 0 Å². The second kappa shape index (κ2) is 5.20. The fourth-order valence-corrected chi connectivity index (χ4v) is 2.12. The molecule has 0 saturated carbocycles. The number of likely N-dealkylation sites (tertiary alicyclic amines) is 1. The van der Waals surface area contributed by atoms with Crippen LogP contribution in [0.3, 0.4) is 0 Å². The Hall–Kier alpha value is 0.400. The van der Waals surface area contributed by atoms with E-state index >= 15 is 0 Å². The molecule has 1 rings (SSSR count). The number of hydrogen-bond donors (Lipinski definition) is 0. The average Bonchev–Trinajstić information content (AvgIpc) is 2.04. The van der Waals surface area contributed by atoms with Gasteiger partial charge in [0.1, 0.15) is 0 Å². The van der Waals surface area contributed by atoms with E-state index in [9.17, 15) is 0 Å². The van der Waals surface area contributed by atoms with Crippen molar-refractivity contribution < 1.29 is 0 Å². The van der Waals surface area contributed by atoms with E-state index in [1.807, 2.05) is 0 Å². The fourth-order valence-electron chi connectivity index (χ4n) is 1.91. The first-order chi connectivity index (χ1) is 5.72. The Morgan fingerprint density at radius 2 is 2.33 bits per heavy atom. The molecule has 2 nitrogen and oxygen atoms in total. The predicted molar refractivity (Wildman–Crippen MR) is 56.6 cm³/mol. The van der Waals surface area contributed by atoms with E-state index < -0.39 is 0 Å². The first kappa shape index (κ1) is 10.5. The van der Waals surface area contributed by atoms with E-state index in [-0.39, 0.29) is 0 Å². The lowest BCUT2D eigenvalue weighted by molar-refractivity contribution is 0.176. The third-order valence-corrected chi connectivity index (χ3v) is 3.35. The zero-order valence-electron chi connectivity index (χ0n) is 8.09. The first-order valence-corrected chi connectivity index (χ1v) is 5.77. The summed E-state index contributed by atoms with van der Waals surface area (Å²) < 4.78 is 0. The van der Waals surface area contributed by atoms with E-state index in [4.69, 9.17) is 0 Å². The molecule has 1 aliphatic heterocycles. The minimum absolute atomic E-state index is 0.881. The van der Waals surface area contributed by atoms with Gasteiger partial charge in [-0.3, -0.25) is 4.90 Å². The normalized spacial score (nSPS) is 26.5. The maximum absolute atomic E-state index is 3.47. The Morgan fingerprint density at radius 1 is 1.58 bits per heavy atom. The van der Waals surface area contributed by atoms with Crippen molar-refractivity contribution in [1.29, 1.82) is 0 Å². The molecule has 1 fully saturated rings. The first-order valence-electron chi connectivity index (χ1n) is 4.65. The van der Waals surface area contributed by atoms with Crippen molar-refractivity contribution in [2.24, 2.45) is 5.92 Å². The highest BCUT2D eigenvalue weighted by Gasteiger charge is 2.17. The highest BCUT2D eigenvalue weighted by Crippen LogP contribution is 2.15. The number of alkyl halides is 1. The lowest BCUT2D eigenvalue weighted by atomic mass is 9.98. The standard InChI is InChI=1S/C9H19BrN2/c1-11-5-3-4-9(6-11)7-12(2)8-10/h9H,3-8H2,1-2H3. The van der Waals surface area contributed by atoms with Crippen molar-refractivity contribution in [2.45, 2.75) is 12.8 Å². The van der Waals surface area contributed by atoms with Gasteiger partial charge >= 0.3 is 0 Å². The molecular weight excluding hydrogens is 216 g/mol. The summed E-state index contributed by atoms with van der Waals surface area (Å²) in [6, 6.07) is 0. The molecule has 0 bridgehead atoms. The topological polar surface area (TPSA) is 6.48 Å². The summed E-state index contributed by atoms with van der Waals surface area (Å²) >= 11 is 3.47. The van der Waals surface area contributed by atoms with E-state index in [0.29, 0.717) is 0 Å². The Labute approximate surface area is 84.0 Å². The van der Waals surface area contributed by atoms with Gasteiger partial charge in [0.2, 0.25) is 0 Å². The van der Waals surface area contributed by atoms with Crippen molar-refractivity contribution >= 4 is 15.9 Å². The molecule has 0 aromatic rings. The maximum atomic E-state index is 3.47. The van der Waals surface area contributed by atoms with E-state index in [2.05, 4.69) is 39.8 Å². The highest BCUT2D eigenvalue weighted by molar-refractivity contribution is 9.09. The second-order valence-electron chi connectivity index (χ2n) is 3.93. The molecule has 0 radical (unpaired) electrons. The van der Waals surface area contributed by atoms with E-state index in [0.717, 1.165) is 11.4 Å². The van der Waals surface area contributed by atoms with Crippen LogP contribution in [0.1, 0.15) is 12.8 Å². The Kier molecular flexibility index (Phi) is 4.54. The molecule has 0 spiro atoms. The van der Waals surface area contributed by atoms with E-state index in [1.54, 1.807) is 0 Å². The third kappa shape index (κ3) is 3.42. The SMILES string of the molecule is CN(CBr)CC1CCCN(C)C1. The van der Waals surface area contributed by atoms with Crippen LogP contribution >= 0.6 is 15.9 Å². The van der Waals surface area contributed by atoms with Crippen LogP contribution < -0.4 is 0 Å². The highest BCUT2D eigenvalue weighted by atomic mass is 79.9. The van der Waals surface area contributed by atoms with Gasteiger partial charge in [-0.15, -0.1) is 0 Å². The lowest BCUT2D eigenvalue weighted by Gasteiger charge is -2.31. The number of halogens is 1. The van der Waals surface area contributed by atoms with Crippen molar-refractivity contribution in [3.63, 3.8) is 0 Å². The molecule has 0 aromatic heterocycles. The van der Waals surface area contributed by atoms with Gasteiger partial charge in [0.25, 0.3) is 0 Å². The van der Waals surface area contributed by atoms with Gasteiger partial charge in [0, 0.05) is 13.1 Å². The average molecular weight is 235 g/mol. The molecule has 1 atom stereocenters. The molecule has 1 unspecified atom stereocenters. The molecule has 0 aromatic carbocycles. The van der Waals surface area contributed by atoms with Gasteiger partial charge in [-0.25, -0.2) is 0 Å². The summed E-state index contributed by atoms with van der Waals surface area (Å²) in [4.78, 5) is 4.78. The summed E-state index contributed by atoms with van der Waals surface area (Å²) in [5.41, 5.74) is 0.993. The summed E-state index contributed by atoms with van der Waals surface area (Å²) in [6.45, 7) is 3.79. The monoisotopic (exact) mass is 234 g/mol. The Bertz CT molecular complexity index is 130. The summed E-state index contributed by atoms with van der Waals surface area (Å²) in [6.07, 6.45) is 2.78. The molecule has 1 aliphatic rings. The van der Waals surface area contributed by atoms with Crippen LogP contribution in [0.25, 0.3) is 0 Å². The van der Waals surface area contributed by atoms with Crippen molar-refractivity contribution in [3.8, 4) is 0 Å². The second-order valence-corrected chi connectivity index (χ2v) is 4.43. The lowest BCUT2D eigenvalue weighted by Crippen LogP contribution is -2.37. The molecule has 72 valence electrons. The minimum Gasteiger partial charge on any atom is -0.306 e. The molecule has 1 saturated heterocycles. The van der Waals surface area contributed by atoms with Crippen molar-refractivity contribution in [2.75, 3.05) is 39.2 Å². The molecule has 0 N–H and O–H groups in total. The number of piperidine rings is 1. The van der Waals surface area contributed by atoms with Crippen LogP contribution in [0.15, 0.2) is 0 Å². The summed E-state index contributed by atoms with van der Waals surface area (Å²) in [5.74, 6) is 0.881. The maximum Gasteiger partial charge on any atom is 0.0539 e. The predicted octanol–water partition coefficient (Wildman–Crippen LogP) is 1.61. The third-order valence-electron chi connectivity index (χ3n) is 2.50. The zero-order valence-corrected chi connectivity index (χ0v) is 9.68. The van der Waals surface area contributed by atoms with Crippen LogP contribution in [-0.2, 0) is 0 Å². The van der Waals surface area contributed by atoms with Gasteiger partial charge in [-0.05, 0) is 39.4 Å².